The van der Waals surface area contributed by atoms with Gasteiger partial charge in [-0.1, -0.05) is 18.6 Å². The van der Waals surface area contributed by atoms with Crippen LogP contribution in [0.3, 0.4) is 0 Å². The molecule has 1 amide bonds. The molecule has 3 atom stereocenters. The summed E-state index contributed by atoms with van der Waals surface area (Å²) in [5.74, 6) is 1.03. The molecule has 138 valence electrons. The van der Waals surface area contributed by atoms with Gasteiger partial charge >= 0.3 is 0 Å². The van der Waals surface area contributed by atoms with Crippen molar-refractivity contribution in [3.05, 3.63) is 29.6 Å². The fourth-order valence-electron chi connectivity index (χ4n) is 4.83. The first-order valence-electron chi connectivity index (χ1n) is 9.10. The summed E-state index contributed by atoms with van der Waals surface area (Å²) >= 11 is 0. The molecule has 3 N–H and O–H groups in total. The first-order chi connectivity index (χ1) is 11.6. The van der Waals surface area contributed by atoms with Crippen LogP contribution in [0.25, 0.3) is 0 Å². The Labute approximate surface area is 154 Å². The molecule has 0 spiro atoms. The van der Waals surface area contributed by atoms with E-state index in [0.29, 0.717) is 24.9 Å². The van der Waals surface area contributed by atoms with Crippen LogP contribution >= 0.6 is 12.4 Å². The Bertz CT molecular complexity index is 628. The fraction of sp³-hybridized carbons (Fsp3) is 0.632. The van der Waals surface area contributed by atoms with Crippen molar-refractivity contribution in [3.63, 3.8) is 0 Å². The molecule has 1 aromatic rings. The van der Waals surface area contributed by atoms with E-state index in [1.54, 1.807) is 6.07 Å². The Morgan fingerprint density at radius 2 is 1.92 bits per heavy atom. The largest absolute Gasteiger partial charge is 0.490 e. The summed E-state index contributed by atoms with van der Waals surface area (Å²) < 4.78 is 19.3. The fourth-order valence-corrected chi connectivity index (χ4v) is 4.83. The van der Waals surface area contributed by atoms with Crippen molar-refractivity contribution in [2.45, 2.75) is 50.6 Å². The maximum atomic E-state index is 13.9. The van der Waals surface area contributed by atoms with E-state index >= 15 is 0 Å². The third-order valence-corrected chi connectivity index (χ3v) is 6.13. The lowest BCUT2D eigenvalue weighted by Gasteiger charge is -2.43. The predicted octanol–water partition coefficient (Wildman–Crippen LogP) is 3.34. The number of nitrogens with one attached hydrogen (secondary N) is 1. The molecule has 25 heavy (non-hydrogen) atoms. The van der Waals surface area contributed by atoms with Gasteiger partial charge in [0.1, 0.15) is 0 Å². The van der Waals surface area contributed by atoms with Crippen molar-refractivity contribution >= 4 is 18.3 Å². The first kappa shape index (κ1) is 18.5. The third kappa shape index (κ3) is 3.49. The summed E-state index contributed by atoms with van der Waals surface area (Å²) in [4.78, 5) is 12.8. The van der Waals surface area contributed by atoms with Gasteiger partial charge in [-0.3, -0.25) is 4.79 Å². The van der Waals surface area contributed by atoms with Gasteiger partial charge in [0.2, 0.25) is 5.91 Å². The lowest BCUT2D eigenvalue weighted by molar-refractivity contribution is -0.128. The van der Waals surface area contributed by atoms with E-state index in [1.807, 2.05) is 6.07 Å². The summed E-state index contributed by atoms with van der Waals surface area (Å²) in [6.07, 6.45) is 6.00. The second-order valence-electron chi connectivity index (χ2n) is 7.55. The average molecular weight is 369 g/mol. The number of rotatable bonds is 2. The van der Waals surface area contributed by atoms with E-state index < -0.39 is 0 Å². The molecule has 0 radical (unpaired) electrons. The summed E-state index contributed by atoms with van der Waals surface area (Å²) in [7, 11) is 0. The van der Waals surface area contributed by atoms with E-state index in [-0.39, 0.29) is 47.9 Å². The maximum absolute atomic E-state index is 13.9. The summed E-state index contributed by atoms with van der Waals surface area (Å²) in [6, 6.07) is 5.01. The van der Waals surface area contributed by atoms with E-state index in [2.05, 4.69) is 5.32 Å². The second kappa shape index (κ2) is 7.50. The van der Waals surface area contributed by atoms with Crippen molar-refractivity contribution in [3.8, 4) is 5.75 Å². The minimum Gasteiger partial charge on any atom is -0.490 e. The number of carbonyl (C=O) groups excluding carboxylic acids is 1. The molecule has 2 bridgehead atoms. The zero-order chi connectivity index (χ0) is 16.7. The number of amides is 1. The lowest BCUT2D eigenvalue weighted by atomic mass is 9.65. The molecule has 1 heterocycles. The zero-order valence-electron chi connectivity index (χ0n) is 14.2. The van der Waals surface area contributed by atoms with E-state index in [1.165, 1.54) is 12.5 Å². The highest BCUT2D eigenvalue weighted by atomic mass is 35.5. The summed E-state index contributed by atoms with van der Waals surface area (Å²) in [5.41, 5.74) is 7.07. The lowest BCUT2D eigenvalue weighted by Crippen LogP contribution is -2.49. The number of benzene rings is 1. The number of nitrogens with two attached hydrogens (primary N) is 1. The molecule has 1 aliphatic heterocycles. The molecule has 2 aliphatic carbocycles. The van der Waals surface area contributed by atoms with Gasteiger partial charge in [-0.2, -0.15) is 0 Å². The average Bonchev–Trinajstić information content (AvgIpc) is 2.55. The quantitative estimate of drug-likeness (QED) is 0.841. The van der Waals surface area contributed by atoms with E-state index in [0.717, 1.165) is 31.2 Å². The van der Waals surface area contributed by atoms with Crippen molar-refractivity contribution in [1.29, 1.82) is 0 Å². The minimum absolute atomic E-state index is 0. The van der Waals surface area contributed by atoms with Crippen molar-refractivity contribution in [1.82, 2.24) is 5.32 Å². The molecule has 4 nitrogen and oxygen atoms in total. The number of para-hydroxylation sites is 1. The highest BCUT2D eigenvalue weighted by molar-refractivity contribution is 5.85. The van der Waals surface area contributed by atoms with Crippen LogP contribution in [0.2, 0.25) is 0 Å². The molecule has 0 saturated heterocycles. The van der Waals surface area contributed by atoms with Crippen LogP contribution in [0.15, 0.2) is 18.2 Å². The molecular formula is C19H26ClFN2O2. The Morgan fingerprint density at radius 1 is 1.20 bits per heavy atom. The van der Waals surface area contributed by atoms with Crippen molar-refractivity contribution < 1.29 is 13.9 Å². The van der Waals surface area contributed by atoms with E-state index in [9.17, 15) is 9.18 Å². The number of ether oxygens (including phenoxy) is 1. The van der Waals surface area contributed by atoms with Gasteiger partial charge in [-0.05, 0) is 43.6 Å². The number of halogens is 2. The van der Waals surface area contributed by atoms with Crippen LogP contribution in [-0.2, 0) is 4.79 Å². The van der Waals surface area contributed by atoms with Gasteiger partial charge in [0.25, 0.3) is 0 Å². The SMILES string of the molecule is Cl.NC1C2CCCC1CC(C(=O)N[C@@H]1CCOc3c(F)cccc31)C2. The van der Waals surface area contributed by atoms with E-state index in [4.69, 9.17) is 10.5 Å². The highest BCUT2D eigenvalue weighted by Gasteiger charge is 2.41. The molecule has 0 aromatic heterocycles. The molecule has 2 saturated carbocycles. The second-order valence-corrected chi connectivity index (χ2v) is 7.55. The van der Waals surface area contributed by atoms with Gasteiger partial charge in [-0.25, -0.2) is 4.39 Å². The van der Waals surface area contributed by atoms with Crippen LogP contribution < -0.4 is 15.8 Å². The monoisotopic (exact) mass is 368 g/mol. The smallest absolute Gasteiger partial charge is 0.223 e. The van der Waals surface area contributed by atoms with Gasteiger partial charge in [0, 0.05) is 23.9 Å². The number of hydrogen-bond acceptors (Lipinski definition) is 3. The Morgan fingerprint density at radius 3 is 2.64 bits per heavy atom. The molecule has 1 aromatic carbocycles. The zero-order valence-corrected chi connectivity index (χ0v) is 15.1. The van der Waals surface area contributed by atoms with Crippen molar-refractivity contribution in [2.75, 3.05) is 6.61 Å². The van der Waals surface area contributed by atoms with Crippen LogP contribution in [0.5, 0.6) is 5.75 Å². The summed E-state index contributed by atoms with van der Waals surface area (Å²) in [5, 5.41) is 3.15. The normalized spacial score (nSPS) is 33.4. The molecule has 2 unspecified atom stereocenters. The number of hydrogen-bond donors (Lipinski definition) is 2. The molecular weight excluding hydrogens is 343 g/mol. The molecule has 4 rings (SSSR count). The maximum Gasteiger partial charge on any atom is 0.223 e. The molecule has 6 heteroatoms. The standard InChI is InChI=1S/C19H25FN2O2.ClH/c20-15-6-2-5-14-16(7-8-24-18(14)15)22-19(23)13-9-11-3-1-4-12(10-13)17(11)21;/h2,5-6,11-13,16-17H,1,3-4,7-10,21H2,(H,22,23);1H/t11?,12?,13?,16-,17?;/m1./s1. The minimum atomic E-state index is -0.357. The van der Waals surface area contributed by atoms with Gasteiger partial charge < -0.3 is 15.8 Å². The van der Waals surface area contributed by atoms with Crippen molar-refractivity contribution in [2.24, 2.45) is 23.5 Å². The number of fused-ring (bicyclic) bond motifs is 3. The van der Waals surface area contributed by atoms with Crippen LogP contribution in [0.1, 0.15) is 50.1 Å². The Kier molecular flexibility index (Phi) is 5.54. The van der Waals surface area contributed by atoms with Crippen LogP contribution in [-0.4, -0.2) is 18.6 Å². The number of carbonyl (C=O) groups is 1. The molecule has 3 aliphatic rings. The molecule has 2 fully saturated rings. The van der Waals surface area contributed by atoms with Crippen LogP contribution in [0, 0.1) is 23.6 Å². The topological polar surface area (TPSA) is 64.4 Å². The van der Waals surface area contributed by atoms with Gasteiger partial charge in [0.15, 0.2) is 11.6 Å². The van der Waals surface area contributed by atoms with Gasteiger partial charge in [0.05, 0.1) is 12.6 Å². The third-order valence-electron chi connectivity index (χ3n) is 6.13. The summed E-state index contributed by atoms with van der Waals surface area (Å²) in [6.45, 7) is 0.430. The predicted molar refractivity (Wildman–Crippen MR) is 96.2 cm³/mol. The highest BCUT2D eigenvalue weighted by Crippen LogP contribution is 2.42. The Hall–Kier alpha value is -1.33. The Balaban J connectivity index is 0.00000182. The van der Waals surface area contributed by atoms with Crippen LogP contribution in [0.4, 0.5) is 4.39 Å². The van der Waals surface area contributed by atoms with Gasteiger partial charge in [-0.15, -0.1) is 12.4 Å². The first-order valence-corrected chi connectivity index (χ1v) is 9.10.